The molecule has 9 heteroatoms. The minimum Gasteiger partial charge on any atom is -0.481 e. The van der Waals surface area contributed by atoms with E-state index in [9.17, 15) is 14.0 Å². The Hall–Kier alpha value is -2.97. The zero-order valence-corrected chi connectivity index (χ0v) is 20.0. The van der Waals surface area contributed by atoms with Gasteiger partial charge in [0.25, 0.3) is 0 Å². The van der Waals surface area contributed by atoms with Crippen LogP contribution in [-0.4, -0.2) is 50.7 Å². The van der Waals surface area contributed by atoms with Gasteiger partial charge >= 0.3 is 5.97 Å². The lowest BCUT2D eigenvalue weighted by Crippen LogP contribution is -2.40. The number of nitrogens with zero attached hydrogens (tertiary/aromatic N) is 3. The first kappa shape index (κ1) is 23.8. The molecule has 0 atom stereocenters. The Morgan fingerprint density at radius 3 is 2.74 bits per heavy atom. The first-order valence-corrected chi connectivity index (χ1v) is 12.3. The van der Waals surface area contributed by atoms with Crippen molar-refractivity contribution in [1.29, 1.82) is 0 Å². The molecule has 0 bridgehead atoms. The number of carbonyl (C=O) groups is 2. The van der Waals surface area contributed by atoms with Crippen LogP contribution in [0.4, 0.5) is 4.39 Å². The third kappa shape index (κ3) is 4.90. The smallest absolute Gasteiger partial charge is 0.306 e. The third-order valence-corrected chi connectivity index (χ3v) is 7.46. The van der Waals surface area contributed by atoms with Gasteiger partial charge < -0.3 is 19.3 Å². The van der Waals surface area contributed by atoms with E-state index in [1.165, 1.54) is 11.6 Å². The Kier molecular flexibility index (Phi) is 6.75. The lowest BCUT2D eigenvalue weighted by atomic mass is 9.87. The highest BCUT2D eigenvalue weighted by molar-refractivity contribution is 6.30. The van der Waals surface area contributed by atoms with Gasteiger partial charge in [-0.2, -0.15) is 0 Å². The van der Waals surface area contributed by atoms with E-state index in [0.717, 1.165) is 22.3 Å². The molecular weight excluding hydrogens is 473 g/mol. The number of fused-ring (bicyclic) bond motifs is 3. The number of pyridine rings is 1. The first-order chi connectivity index (χ1) is 16.9. The Balaban J connectivity index is 1.31. The number of hydrogen-bond acceptors (Lipinski definition) is 4. The van der Waals surface area contributed by atoms with Crippen molar-refractivity contribution in [3.05, 3.63) is 64.2 Å². The maximum Gasteiger partial charge on any atom is 0.306 e. The van der Waals surface area contributed by atoms with Crippen LogP contribution in [-0.2, 0) is 33.8 Å². The molecule has 3 heterocycles. The molecule has 1 aromatic carbocycles. The SMILES string of the molecule is O=C(CO[C@H]1CC[C@H](C(=O)O)CC1)N1CCc2c(n(Cc3ccc(Cl)c(F)c3)c3ncccc23)C1. The van der Waals surface area contributed by atoms with Gasteiger partial charge in [0.1, 0.15) is 18.1 Å². The molecule has 2 aliphatic rings. The van der Waals surface area contributed by atoms with E-state index in [1.807, 2.05) is 12.1 Å². The van der Waals surface area contributed by atoms with Gasteiger partial charge in [-0.25, -0.2) is 9.37 Å². The maximum absolute atomic E-state index is 14.1. The number of carboxylic acids is 1. The Labute approximate surface area is 207 Å². The normalized spacial score (nSPS) is 20.1. The molecule has 1 saturated carbocycles. The molecule has 0 radical (unpaired) electrons. The average molecular weight is 500 g/mol. The van der Waals surface area contributed by atoms with Crippen molar-refractivity contribution in [3.63, 3.8) is 0 Å². The predicted molar refractivity (Wildman–Crippen MR) is 129 cm³/mol. The number of amides is 1. The lowest BCUT2D eigenvalue weighted by molar-refractivity contribution is -0.146. The molecule has 2 aromatic heterocycles. The number of ether oxygens (including phenoxy) is 1. The highest BCUT2D eigenvalue weighted by Gasteiger charge is 2.30. The zero-order chi connectivity index (χ0) is 24.5. The van der Waals surface area contributed by atoms with Crippen LogP contribution in [0.3, 0.4) is 0 Å². The summed E-state index contributed by atoms with van der Waals surface area (Å²) in [5, 5.41) is 10.3. The predicted octanol–water partition coefficient (Wildman–Crippen LogP) is 4.42. The van der Waals surface area contributed by atoms with Crippen molar-refractivity contribution < 1.29 is 23.8 Å². The molecule has 0 saturated heterocycles. The molecule has 1 N–H and O–H groups in total. The van der Waals surface area contributed by atoms with Gasteiger partial charge in [-0.3, -0.25) is 9.59 Å². The molecule has 3 aromatic rings. The highest BCUT2D eigenvalue weighted by Crippen LogP contribution is 2.31. The molecule has 35 heavy (non-hydrogen) atoms. The van der Waals surface area contributed by atoms with E-state index in [0.29, 0.717) is 51.7 Å². The van der Waals surface area contributed by atoms with E-state index in [1.54, 1.807) is 23.2 Å². The van der Waals surface area contributed by atoms with E-state index >= 15 is 0 Å². The minimum atomic E-state index is -0.755. The Bertz CT molecular complexity index is 1270. The van der Waals surface area contributed by atoms with Crippen LogP contribution in [0.25, 0.3) is 11.0 Å². The second-order valence-electron chi connectivity index (χ2n) is 9.32. The summed E-state index contributed by atoms with van der Waals surface area (Å²) < 4.78 is 22.0. The first-order valence-electron chi connectivity index (χ1n) is 11.9. The summed E-state index contributed by atoms with van der Waals surface area (Å²) in [4.78, 5) is 30.5. The van der Waals surface area contributed by atoms with Crippen molar-refractivity contribution in [1.82, 2.24) is 14.5 Å². The fraction of sp³-hybridized carbons (Fsp3) is 0.423. The van der Waals surface area contributed by atoms with Gasteiger partial charge in [0.05, 0.1) is 23.6 Å². The largest absolute Gasteiger partial charge is 0.481 e. The van der Waals surface area contributed by atoms with E-state index in [-0.39, 0.29) is 29.6 Å². The number of carboxylic acid groups (broad SMARTS) is 1. The molecular formula is C26H27ClFN3O4. The van der Waals surface area contributed by atoms with Gasteiger partial charge in [-0.15, -0.1) is 0 Å². The second-order valence-corrected chi connectivity index (χ2v) is 9.73. The van der Waals surface area contributed by atoms with Gasteiger partial charge in [0.15, 0.2) is 0 Å². The molecule has 1 aliphatic heterocycles. The summed E-state index contributed by atoms with van der Waals surface area (Å²) in [6.45, 7) is 1.42. The van der Waals surface area contributed by atoms with Crippen LogP contribution >= 0.6 is 11.6 Å². The second kappa shape index (κ2) is 9.95. The number of aliphatic carboxylic acids is 1. The van der Waals surface area contributed by atoms with Crippen molar-refractivity contribution >= 4 is 34.5 Å². The van der Waals surface area contributed by atoms with Gasteiger partial charge in [0, 0.05) is 30.4 Å². The van der Waals surface area contributed by atoms with Crippen LogP contribution in [0, 0.1) is 11.7 Å². The van der Waals surface area contributed by atoms with E-state index in [4.69, 9.17) is 21.4 Å². The van der Waals surface area contributed by atoms with Gasteiger partial charge in [-0.1, -0.05) is 17.7 Å². The van der Waals surface area contributed by atoms with Crippen molar-refractivity contribution in [3.8, 4) is 0 Å². The van der Waals surface area contributed by atoms with Crippen LogP contribution in [0.5, 0.6) is 0 Å². The number of rotatable bonds is 6. The van der Waals surface area contributed by atoms with Crippen LogP contribution in [0.1, 0.15) is 42.5 Å². The van der Waals surface area contributed by atoms with E-state index in [2.05, 4.69) is 9.55 Å². The summed E-state index contributed by atoms with van der Waals surface area (Å²) in [5.74, 6) is -1.61. The van der Waals surface area contributed by atoms with Crippen LogP contribution in [0.2, 0.25) is 5.02 Å². The van der Waals surface area contributed by atoms with Crippen LogP contribution < -0.4 is 0 Å². The molecule has 1 fully saturated rings. The standard InChI is InChI=1S/C26H27ClFN3O4/c27-21-8-3-16(12-22(21)28)13-31-23-14-30(11-9-19(23)20-2-1-10-29-25(20)31)24(32)15-35-18-6-4-17(5-7-18)26(33)34/h1-3,8,10,12,17-18H,4-7,9,11,13-15H2,(H,33,34)/t17-,18-. The molecule has 0 unspecified atom stereocenters. The minimum absolute atomic E-state index is 0.0153. The zero-order valence-electron chi connectivity index (χ0n) is 19.3. The molecule has 7 nitrogen and oxygen atoms in total. The Morgan fingerprint density at radius 1 is 1.20 bits per heavy atom. The summed E-state index contributed by atoms with van der Waals surface area (Å²) >= 11 is 5.86. The topological polar surface area (TPSA) is 84.7 Å². The fourth-order valence-electron chi connectivity index (χ4n) is 5.22. The Morgan fingerprint density at radius 2 is 2.00 bits per heavy atom. The molecule has 0 spiro atoms. The van der Waals surface area contributed by atoms with Crippen molar-refractivity contribution in [2.24, 2.45) is 5.92 Å². The molecule has 184 valence electrons. The summed E-state index contributed by atoms with van der Waals surface area (Å²) in [5.41, 5.74) is 3.74. The quantitative estimate of drug-likeness (QED) is 0.542. The summed E-state index contributed by atoms with van der Waals surface area (Å²) in [6, 6.07) is 8.72. The van der Waals surface area contributed by atoms with E-state index < -0.39 is 11.8 Å². The number of aromatic nitrogens is 2. The summed E-state index contributed by atoms with van der Waals surface area (Å²) in [7, 11) is 0. The third-order valence-electron chi connectivity index (χ3n) is 7.16. The number of carbonyl (C=O) groups excluding carboxylic acids is 1. The fourth-order valence-corrected chi connectivity index (χ4v) is 5.34. The maximum atomic E-state index is 14.1. The lowest BCUT2D eigenvalue weighted by Gasteiger charge is -2.30. The molecule has 1 amide bonds. The van der Waals surface area contributed by atoms with Crippen LogP contribution in [0.15, 0.2) is 36.5 Å². The molecule has 5 rings (SSSR count). The van der Waals surface area contributed by atoms with Gasteiger partial charge in [0.2, 0.25) is 5.91 Å². The average Bonchev–Trinajstić information content (AvgIpc) is 3.18. The number of hydrogen-bond donors (Lipinski definition) is 1. The monoisotopic (exact) mass is 499 g/mol. The number of halogens is 2. The van der Waals surface area contributed by atoms with Gasteiger partial charge in [-0.05, 0) is 67.5 Å². The highest BCUT2D eigenvalue weighted by atomic mass is 35.5. The van der Waals surface area contributed by atoms with Crippen molar-refractivity contribution in [2.75, 3.05) is 13.2 Å². The van der Waals surface area contributed by atoms with Crippen molar-refractivity contribution in [2.45, 2.75) is 51.3 Å². The number of benzene rings is 1. The summed E-state index contributed by atoms with van der Waals surface area (Å²) in [6.07, 6.45) is 4.85. The molecule has 1 aliphatic carbocycles.